The first kappa shape index (κ1) is 13.8. The minimum Gasteiger partial charge on any atom is -0.494 e. The molecule has 1 saturated heterocycles. The Balaban J connectivity index is 2.00. The lowest BCUT2D eigenvalue weighted by atomic mass is 10.1. The van der Waals surface area contributed by atoms with Crippen molar-refractivity contribution >= 4 is 5.97 Å². The van der Waals surface area contributed by atoms with Crippen molar-refractivity contribution in [1.29, 1.82) is 0 Å². The lowest BCUT2D eigenvalue weighted by Gasteiger charge is -2.33. The van der Waals surface area contributed by atoms with Crippen LogP contribution in [0.2, 0.25) is 0 Å². The average Bonchev–Trinajstić information content (AvgIpc) is 2.42. The Hall–Kier alpha value is -1.59. The van der Waals surface area contributed by atoms with Gasteiger partial charge in [0.2, 0.25) is 0 Å². The first-order valence-corrected chi connectivity index (χ1v) is 6.60. The van der Waals surface area contributed by atoms with E-state index in [1.54, 1.807) is 0 Å². The van der Waals surface area contributed by atoms with Crippen molar-refractivity contribution in [3.05, 3.63) is 29.8 Å². The monoisotopic (exact) mass is 264 g/mol. The highest BCUT2D eigenvalue weighted by molar-refractivity contribution is 5.74. The van der Waals surface area contributed by atoms with E-state index in [9.17, 15) is 9.90 Å². The molecule has 5 nitrogen and oxygen atoms in total. The molecule has 104 valence electrons. The molecule has 0 saturated carbocycles. The summed E-state index contributed by atoms with van der Waals surface area (Å²) in [6.07, 6.45) is 0. The molecule has 1 aromatic carbocycles. The fourth-order valence-electron chi connectivity index (χ4n) is 2.27. The SMILES string of the molecule is CCOc1ccc(CN2CCNCC2C(=O)O)cc1. The van der Waals surface area contributed by atoms with Crippen LogP contribution in [0.25, 0.3) is 0 Å². The van der Waals surface area contributed by atoms with E-state index in [4.69, 9.17) is 4.74 Å². The number of rotatable bonds is 5. The summed E-state index contributed by atoms with van der Waals surface area (Å²) in [5.74, 6) is 0.0829. The minimum absolute atomic E-state index is 0.444. The Morgan fingerprint density at radius 2 is 2.21 bits per heavy atom. The largest absolute Gasteiger partial charge is 0.494 e. The molecular weight excluding hydrogens is 244 g/mol. The maximum atomic E-state index is 11.2. The highest BCUT2D eigenvalue weighted by Crippen LogP contribution is 2.15. The van der Waals surface area contributed by atoms with E-state index < -0.39 is 12.0 Å². The number of carboxylic acids is 1. The molecule has 19 heavy (non-hydrogen) atoms. The van der Waals surface area contributed by atoms with Gasteiger partial charge in [-0.2, -0.15) is 0 Å². The molecule has 0 spiro atoms. The first-order valence-electron chi connectivity index (χ1n) is 6.60. The summed E-state index contributed by atoms with van der Waals surface area (Å²) in [5.41, 5.74) is 1.11. The highest BCUT2D eigenvalue weighted by Gasteiger charge is 2.27. The van der Waals surface area contributed by atoms with E-state index in [1.807, 2.05) is 36.1 Å². The van der Waals surface area contributed by atoms with Crippen molar-refractivity contribution in [3.8, 4) is 5.75 Å². The van der Waals surface area contributed by atoms with E-state index in [0.717, 1.165) is 24.4 Å². The second-order valence-electron chi connectivity index (χ2n) is 4.61. The molecule has 1 aliphatic heterocycles. The van der Waals surface area contributed by atoms with Crippen molar-refractivity contribution in [2.45, 2.75) is 19.5 Å². The Labute approximate surface area is 113 Å². The number of nitrogens with zero attached hydrogens (tertiary/aromatic N) is 1. The van der Waals surface area contributed by atoms with Crippen molar-refractivity contribution in [1.82, 2.24) is 10.2 Å². The summed E-state index contributed by atoms with van der Waals surface area (Å²) in [6, 6.07) is 7.39. The van der Waals surface area contributed by atoms with E-state index >= 15 is 0 Å². The maximum Gasteiger partial charge on any atom is 0.322 e. The Kier molecular flexibility index (Phi) is 4.76. The van der Waals surface area contributed by atoms with Crippen molar-refractivity contribution in [3.63, 3.8) is 0 Å². The fraction of sp³-hybridized carbons (Fsp3) is 0.500. The molecule has 2 rings (SSSR count). The van der Waals surface area contributed by atoms with Gasteiger partial charge in [0, 0.05) is 26.2 Å². The lowest BCUT2D eigenvalue weighted by Crippen LogP contribution is -2.54. The number of hydrogen-bond acceptors (Lipinski definition) is 4. The van der Waals surface area contributed by atoms with Crippen LogP contribution in [0.1, 0.15) is 12.5 Å². The van der Waals surface area contributed by atoms with Gasteiger partial charge in [-0.15, -0.1) is 0 Å². The van der Waals surface area contributed by atoms with Crippen molar-refractivity contribution in [2.24, 2.45) is 0 Å². The van der Waals surface area contributed by atoms with Crippen LogP contribution >= 0.6 is 0 Å². The molecule has 0 amide bonds. The fourth-order valence-corrected chi connectivity index (χ4v) is 2.27. The molecule has 1 aliphatic rings. The molecule has 1 heterocycles. The Morgan fingerprint density at radius 1 is 1.47 bits per heavy atom. The van der Waals surface area contributed by atoms with Crippen LogP contribution in [-0.4, -0.2) is 48.3 Å². The predicted octanol–water partition coefficient (Wildman–Crippen LogP) is 0.944. The molecule has 1 fully saturated rings. The minimum atomic E-state index is -0.766. The molecule has 1 unspecified atom stereocenters. The molecule has 5 heteroatoms. The number of nitrogens with one attached hydrogen (secondary N) is 1. The van der Waals surface area contributed by atoms with Crippen LogP contribution < -0.4 is 10.1 Å². The van der Waals surface area contributed by atoms with Crippen LogP contribution in [0.15, 0.2) is 24.3 Å². The van der Waals surface area contributed by atoms with E-state index in [0.29, 0.717) is 19.7 Å². The van der Waals surface area contributed by atoms with Gasteiger partial charge in [0.15, 0.2) is 0 Å². The topological polar surface area (TPSA) is 61.8 Å². The third kappa shape index (κ3) is 3.68. The standard InChI is InChI=1S/C14H20N2O3/c1-2-19-12-5-3-11(4-6-12)10-16-8-7-15-9-13(16)14(17)18/h3-6,13,15H,2,7-10H2,1H3,(H,17,18). The summed E-state index contributed by atoms with van der Waals surface area (Å²) in [7, 11) is 0. The molecule has 0 bridgehead atoms. The number of carboxylic acid groups (broad SMARTS) is 1. The van der Waals surface area contributed by atoms with Gasteiger partial charge in [-0.25, -0.2) is 0 Å². The maximum absolute atomic E-state index is 11.2. The Morgan fingerprint density at radius 3 is 2.84 bits per heavy atom. The Bertz CT molecular complexity index is 419. The van der Waals surface area contributed by atoms with E-state index in [2.05, 4.69) is 5.32 Å². The van der Waals surface area contributed by atoms with Crippen molar-refractivity contribution < 1.29 is 14.6 Å². The predicted molar refractivity (Wildman–Crippen MR) is 72.3 cm³/mol. The summed E-state index contributed by atoms with van der Waals surface area (Å²) in [5, 5.41) is 12.3. The van der Waals surface area contributed by atoms with Gasteiger partial charge >= 0.3 is 5.97 Å². The quantitative estimate of drug-likeness (QED) is 0.829. The molecule has 2 N–H and O–H groups in total. The average molecular weight is 264 g/mol. The van der Waals surface area contributed by atoms with Crippen LogP contribution in [-0.2, 0) is 11.3 Å². The molecular formula is C14H20N2O3. The zero-order valence-corrected chi connectivity index (χ0v) is 11.1. The first-order chi connectivity index (χ1) is 9.20. The molecule has 0 aliphatic carbocycles. The highest BCUT2D eigenvalue weighted by atomic mass is 16.5. The van der Waals surface area contributed by atoms with Gasteiger partial charge in [-0.3, -0.25) is 9.69 Å². The van der Waals surface area contributed by atoms with Gasteiger partial charge in [-0.1, -0.05) is 12.1 Å². The number of piperazine rings is 1. The third-order valence-corrected chi connectivity index (χ3v) is 3.26. The summed E-state index contributed by atoms with van der Waals surface area (Å²) in [6.45, 7) is 5.35. The lowest BCUT2D eigenvalue weighted by molar-refractivity contribution is -0.144. The molecule has 0 aromatic heterocycles. The normalized spacial score (nSPS) is 20.2. The third-order valence-electron chi connectivity index (χ3n) is 3.26. The van der Waals surface area contributed by atoms with Gasteiger partial charge in [0.05, 0.1) is 6.61 Å². The van der Waals surface area contributed by atoms with Gasteiger partial charge in [0.1, 0.15) is 11.8 Å². The number of carbonyl (C=O) groups is 1. The molecule has 1 atom stereocenters. The van der Waals surface area contributed by atoms with Gasteiger partial charge in [-0.05, 0) is 24.6 Å². The number of ether oxygens (including phenoxy) is 1. The smallest absolute Gasteiger partial charge is 0.322 e. The van der Waals surface area contributed by atoms with E-state index in [-0.39, 0.29) is 0 Å². The summed E-state index contributed by atoms with van der Waals surface area (Å²) in [4.78, 5) is 13.2. The molecule has 1 aromatic rings. The number of hydrogen-bond donors (Lipinski definition) is 2. The van der Waals surface area contributed by atoms with Crippen LogP contribution in [0.3, 0.4) is 0 Å². The van der Waals surface area contributed by atoms with Crippen LogP contribution in [0.4, 0.5) is 0 Å². The van der Waals surface area contributed by atoms with Gasteiger partial charge < -0.3 is 15.2 Å². The second kappa shape index (κ2) is 6.54. The van der Waals surface area contributed by atoms with Crippen LogP contribution in [0, 0.1) is 0 Å². The number of benzene rings is 1. The van der Waals surface area contributed by atoms with Crippen molar-refractivity contribution in [2.75, 3.05) is 26.2 Å². The second-order valence-corrected chi connectivity index (χ2v) is 4.61. The number of aliphatic carboxylic acids is 1. The van der Waals surface area contributed by atoms with Gasteiger partial charge in [0.25, 0.3) is 0 Å². The van der Waals surface area contributed by atoms with Crippen LogP contribution in [0.5, 0.6) is 5.75 Å². The molecule has 0 radical (unpaired) electrons. The zero-order chi connectivity index (χ0) is 13.7. The summed E-state index contributed by atoms with van der Waals surface area (Å²) < 4.78 is 5.39. The zero-order valence-electron chi connectivity index (χ0n) is 11.1. The summed E-state index contributed by atoms with van der Waals surface area (Å²) >= 11 is 0. The van der Waals surface area contributed by atoms with E-state index in [1.165, 1.54) is 0 Å².